The molecule has 3 N–H and O–H groups in total. The number of hydrogen-bond acceptors (Lipinski definition) is 5. The Morgan fingerprint density at radius 1 is 1.26 bits per heavy atom. The smallest absolute Gasteiger partial charge is 0.269 e. The van der Waals surface area contributed by atoms with E-state index in [4.69, 9.17) is 0 Å². The topological polar surface area (TPSA) is 85.8 Å². The lowest BCUT2D eigenvalue weighted by atomic mass is 10.1. The van der Waals surface area contributed by atoms with Crippen LogP contribution < -0.4 is 21.2 Å². The standard InChI is InChI=1S/C20H20N6O/c1-3-14-6-8-16(9-7-14)23-19-24-18(15-5-4-10-21-12-15)26-17(27)11-13(2)22-20(26)25-19/h4-12,18H,3H2,1-2H3,(H2,22,23,24,25)/p+1. The lowest BCUT2D eigenvalue weighted by Gasteiger charge is -2.22. The number of fused-ring (bicyclic) bond motifs is 1. The summed E-state index contributed by atoms with van der Waals surface area (Å²) in [6.45, 7) is 3.93. The van der Waals surface area contributed by atoms with Crippen LogP contribution in [0.25, 0.3) is 0 Å². The Kier molecular flexibility index (Phi) is 4.42. The molecule has 0 aliphatic carbocycles. The zero-order valence-corrected chi connectivity index (χ0v) is 15.2. The molecule has 2 aromatic heterocycles. The van der Waals surface area contributed by atoms with Crippen LogP contribution in [0.4, 0.5) is 11.6 Å². The summed E-state index contributed by atoms with van der Waals surface area (Å²) < 4.78 is 1.59. The summed E-state index contributed by atoms with van der Waals surface area (Å²) >= 11 is 0. The van der Waals surface area contributed by atoms with Crippen LogP contribution in [0.5, 0.6) is 0 Å². The third kappa shape index (κ3) is 3.44. The summed E-state index contributed by atoms with van der Waals surface area (Å²) in [5.41, 5.74) is 3.62. The number of hydrogen-bond donors (Lipinski definition) is 3. The monoisotopic (exact) mass is 361 g/mol. The fourth-order valence-corrected chi connectivity index (χ4v) is 3.10. The van der Waals surface area contributed by atoms with Gasteiger partial charge in [0, 0.05) is 29.7 Å². The SMILES string of the molecule is CCc1ccc(NC2=[NH+]C(c3cccnc3)n3c(nc(C)cc3=O)N2)cc1. The minimum Gasteiger partial charge on any atom is -0.269 e. The quantitative estimate of drug-likeness (QED) is 0.649. The van der Waals surface area contributed by atoms with Crippen LogP contribution in [0.15, 0.2) is 59.7 Å². The van der Waals surface area contributed by atoms with Gasteiger partial charge in [0.2, 0.25) is 0 Å². The van der Waals surface area contributed by atoms with Gasteiger partial charge in [-0.1, -0.05) is 25.1 Å². The van der Waals surface area contributed by atoms with Crippen molar-refractivity contribution >= 4 is 17.6 Å². The first kappa shape index (κ1) is 17.0. The lowest BCUT2D eigenvalue weighted by Crippen LogP contribution is -2.82. The second kappa shape index (κ2) is 7.03. The van der Waals surface area contributed by atoms with Gasteiger partial charge in [0.05, 0.1) is 5.69 Å². The number of anilines is 2. The largest absolute Gasteiger partial charge is 0.357 e. The number of guanidine groups is 1. The summed E-state index contributed by atoms with van der Waals surface area (Å²) in [6.07, 6.45) is 4.04. The van der Waals surface area contributed by atoms with Gasteiger partial charge in [-0.05, 0) is 37.1 Å². The maximum Gasteiger partial charge on any atom is 0.357 e. The molecule has 1 aliphatic rings. The molecule has 7 heteroatoms. The molecule has 0 saturated carbocycles. The fraction of sp³-hybridized carbons (Fsp3) is 0.200. The van der Waals surface area contributed by atoms with Gasteiger partial charge in [0.25, 0.3) is 11.5 Å². The molecule has 1 unspecified atom stereocenters. The van der Waals surface area contributed by atoms with E-state index in [1.807, 2.05) is 31.2 Å². The van der Waals surface area contributed by atoms with Gasteiger partial charge < -0.3 is 0 Å². The molecule has 1 aromatic carbocycles. The van der Waals surface area contributed by atoms with E-state index in [0.717, 1.165) is 17.7 Å². The fourth-order valence-electron chi connectivity index (χ4n) is 3.10. The van der Waals surface area contributed by atoms with Crippen LogP contribution in [-0.2, 0) is 6.42 Å². The van der Waals surface area contributed by atoms with E-state index in [-0.39, 0.29) is 5.56 Å². The van der Waals surface area contributed by atoms with Crippen molar-refractivity contribution in [3.05, 3.63) is 82.0 Å². The summed E-state index contributed by atoms with van der Waals surface area (Å²) in [7, 11) is 0. The Labute approximate surface area is 156 Å². The summed E-state index contributed by atoms with van der Waals surface area (Å²) in [4.78, 5) is 24.6. The Hall–Kier alpha value is -3.48. The highest BCUT2D eigenvalue weighted by atomic mass is 16.1. The number of rotatable bonds is 3. The maximum atomic E-state index is 12.6. The Morgan fingerprint density at radius 2 is 2.07 bits per heavy atom. The van der Waals surface area contributed by atoms with Gasteiger partial charge in [-0.25, -0.2) is 20.2 Å². The Morgan fingerprint density at radius 3 is 2.78 bits per heavy atom. The van der Waals surface area contributed by atoms with Crippen LogP contribution in [0.3, 0.4) is 0 Å². The van der Waals surface area contributed by atoms with Crippen LogP contribution in [-0.4, -0.2) is 20.5 Å². The van der Waals surface area contributed by atoms with Gasteiger partial charge in [-0.15, -0.1) is 0 Å². The summed E-state index contributed by atoms with van der Waals surface area (Å²) in [6, 6.07) is 13.5. The third-order valence-electron chi connectivity index (χ3n) is 4.49. The number of aromatic nitrogens is 3. The van der Waals surface area contributed by atoms with Crippen LogP contribution in [0.2, 0.25) is 0 Å². The molecule has 0 saturated heterocycles. The minimum absolute atomic E-state index is 0.127. The van der Waals surface area contributed by atoms with Gasteiger partial charge in [-0.2, -0.15) is 0 Å². The first-order valence-electron chi connectivity index (χ1n) is 8.90. The highest BCUT2D eigenvalue weighted by molar-refractivity contribution is 5.99. The van der Waals surface area contributed by atoms with E-state index in [1.54, 1.807) is 17.0 Å². The predicted octanol–water partition coefficient (Wildman–Crippen LogP) is 1.03. The van der Waals surface area contributed by atoms with Gasteiger partial charge >= 0.3 is 5.96 Å². The maximum absolute atomic E-state index is 12.6. The van der Waals surface area contributed by atoms with Crippen LogP contribution >= 0.6 is 0 Å². The normalized spacial score (nSPS) is 15.5. The second-order valence-electron chi connectivity index (χ2n) is 6.44. The second-order valence-corrected chi connectivity index (χ2v) is 6.44. The Bertz CT molecular complexity index is 1040. The van der Waals surface area contributed by atoms with Crippen molar-refractivity contribution in [1.82, 2.24) is 14.5 Å². The van der Waals surface area contributed by atoms with Gasteiger partial charge in [0.1, 0.15) is 0 Å². The molecule has 0 fully saturated rings. The van der Waals surface area contributed by atoms with E-state index < -0.39 is 6.17 Å². The first-order chi connectivity index (χ1) is 13.1. The van der Waals surface area contributed by atoms with E-state index in [9.17, 15) is 4.79 Å². The molecule has 0 bridgehead atoms. The van der Waals surface area contributed by atoms with E-state index in [2.05, 4.69) is 44.7 Å². The van der Waals surface area contributed by atoms with E-state index >= 15 is 0 Å². The summed E-state index contributed by atoms with van der Waals surface area (Å²) in [5, 5.41) is 6.51. The van der Waals surface area contributed by atoms with Crippen molar-refractivity contribution in [2.75, 3.05) is 10.6 Å². The molecule has 136 valence electrons. The van der Waals surface area contributed by atoms with Crippen molar-refractivity contribution < 1.29 is 4.99 Å². The lowest BCUT2D eigenvalue weighted by molar-refractivity contribution is -0.520. The number of nitrogens with one attached hydrogen (secondary N) is 3. The molecule has 1 atom stereocenters. The average molecular weight is 361 g/mol. The number of aryl methyl sites for hydroxylation is 2. The highest BCUT2D eigenvalue weighted by Crippen LogP contribution is 2.16. The summed E-state index contributed by atoms with van der Waals surface area (Å²) in [5.74, 6) is 1.14. The van der Waals surface area contributed by atoms with Crippen LogP contribution in [0, 0.1) is 6.92 Å². The van der Waals surface area contributed by atoms with Crippen molar-refractivity contribution in [2.24, 2.45) is 0 Å². The molecule has 4 rings (SSSR count). The van der Waals surface area contributed by atoms with E-state index in [1.165, 1.54) is 11.6 Å². The molecule has 0 amide bonds. The predicted molar refractivity (Wildman–Crippen MR) is 105 cm³/mol. The van der Waals surface area contributed by atoms with Crippen molar-refractivity contribution in [2.45, 2.75) is 26.4 Å². The Balaban J connectivity index is 1.74. The number of benzene rings is 1. The molecule has 3 aromatic rings. The molecular formula is C20H21N6O+. The van der Waals surface area contributed by atoms with Gasteiger partial charge in [0.15, 0.2) is 6.17 Å². The van der Waals surface area contributed by atoms with Crippen LogP contribution in [0.1, 0.15) is 29.9 Å². The number of pyridine rings is 1. The molecule has 0 spiro atoms. The molecule has 0 radical (unpaired) electrons. The van der Waals surface area contributed by atoms with E-state index in [0.29, 0.717) is 17.6 Å². The zero-order valence-electron chi connectivity index (χ0n) is 15.2. The minimum atomic E-state index is -0.409. The first-order valence-corrected chi connectivity index (χ1v) is 8.90. The highest BCUT2D eigenvalue weighted by Gasteiger charge is 2.29. The molecule has 1 aliphatic heterocycles. The van der Waals surface area contributed by atoms with Crippen molar-refractivity contribution in [3.8, 4) is 0 Å². The van der Waals surface area contributed by atoms with Crippen molar-refractivity contribution in [1.29, 1.82) is 0 Å². The molecule has 7 nitrogen and oxygen atoms in total. The van der Waals surface area contributed by atoms with Crippen molar-refractivity contribution in [3.63, 3.8) is 0 Å². The number of nitrogens with zero attached hydrogens (tertiary/aromatic N) is 3. The molecular weight excluding hydrogens is 340 g/mol. The molecule has 3 heterocycles. The zero-order chi connectivity index (χ0) is 18.8. The average Bonchev–Trinajstić information content (AvgIpc) is 2.68. The molecule has 27 heavy (non-hydrogen) atoms. The van der Waals surface area contributed by atoms with Gasteiger partial charge in [-0.3, -0.25) is 14.8 Å². The third-order valence-corrected chi connectivity index (χ3v) is 4.49.